The van der Waals surface area contributed by atoms with Crippen molar-refractivity contribution < 1.29 is 4.79 Å². The van der Waals surface area contributed by atoms with Crippen molar-refractivity contribution in [1.82, 2.24) is 20.1 Å². The molecular formula is C23H28N4O. The van der Waals surface area contributed by atoms with Gasteiger partial charge >= 0.3 is 6.03 Å². The Hall–Kier alpha value is -2.79. The second kappa shape index (κ2) is 8.48. The molecule has 0 spiro atoms. The van der Waals surface area contributed by atoms with Gasteiger partial charge in [-0.2, -0.15) is 0 Å². The Balaban J connectivity index is 1.22. The van der Waals surface area contributed by atoms with Gasteiger partial charge in [-0.1, -0.05) is 48.0 Å². The SMILES string of the molecule is Cc1ccc(CNC(=O)N2CCN(CCc3c[nH]c4ccccc34)CC2)cc1. The summed E-state index contributed by atoms with van der Waals surface area (Å²) in [6, 6.07) is 16.8. The first-order chi connectivity index (χ1) is 13.7. The molecule has 2 amide bonds. The highest BCUT2D eigenvalue weighted by molar-refractivity contribution is 5.83. The minimum atomic E-state index is 0.0388. The first-order valence-electron chi connectivity index (χ1n) is 10.0. The molecule has 0 aliphatic carbocycles. The number of aromatic nitrogens is 1. The van der Waals surface area contributed by atoms with Gasteiger partial charge in [0.2, 0.25) is 0 Å². The van der Waals surface area contributed by atoms with Crippen LogP contribution in [-0.2, 0) is 13.0 Å². The molecule has 2 aromatic carbocycles. The van der Waals surface area contributed by atoms with Crippen molar-refractivity contribution in [2.24, 2.45) is 0 Å². The molecule has 0 bridgehead atoms. The van der Waals surface area contributed by atoms with Gasteiger partial charge in [0, 0.05) is 56.4 Å². The zero-order valence-electron chi connectivity index (χ0n) is 16.4. The van der Waals surface area contributed by atoms with Crippen molar-refractivity contribution in [3.05, 3.63) is 71.4 Å². The van der Waals surface area contributed by atoms with Crippen LogP contribution in [0.5, 0.6) is 0 Å². The van der Waals surface area contributed by atoms with Gasteiger partial charge in [0.25, 0.3) is 0 Å². The number of hydrogen-bond acceptors (Lipinski definition) is 2. The number of H-pyrrole nitrogens is 1. The molecule has 0 atom stereocenters. The second-order valence-corrected chi connectivity index (χ2v) is 7.58. The fourth-order valence-electron chi connectivity index (χ4n) is 3.79. The average Bonchev–Trinajstić information content (AvgIpc) is 3.15. The second-order valence-electron chi connectivity index (χ2n) is 7.58. The third-order valence-corrected chi connectivity index (χ3v) is 5.60. The number of fused-ring (bicyclic) bond motifs is 1. The number of aromatic amines is 1. The Morgan fingerprint density at radius 2 is 1.79 bits per heavy atom. The number of hydrogen-bond donors (Lipinski definition) is 2. The van der Waals surface area contributed by atoms with Crippen molar-refractivity contribution in [3.8, 4) is 0 Å². The van der Waals surface area contributed by atoms with Crippen LogP contribution in [0.3, 0.4) is 0 Å². The van der Waals surface area contributed by atoms with Crippen LogP contribution in [0.15, 0.2) is 54.7 Å². The van der Waals surface area contributed by atoms with E-state index in [2.05, 4.69) is 76.9 Å². The average molecular weight is 377 g/mol. The predicted octanol–water partition coefficient (Wildman–Crippen LogP) is 3.55. The van der Waals surface area contributed by atoms with Gasteiger partial charge in [-0.15, -0.1) is 0 Å². The van der Waals surface area contributed by atoms with E-state index in [0.29, 0.717) is 6.54 Å². The van der Waals surface area contributed by atoms with E-state index in [9.17, 15) is 4.79 Å². The van der Waals surface area contributed by atoms with Gasteiger partial charge in [0.1, 0.15) is 0 Å². The molecule has 0 radical (unpaired) electrons. The van der Waals surface area contributed by atoms with Gasteiger partial charge < -0.3 is 15.2 Å². The number of piperazine rings is 1. The summed E-state index contributed by atoms with van der Waals surface area (Å²) in [5, 5.41) is 4.36. The molecule has 2 N–H and O–H groups in total. The van der Waals surface area contributed by atoms with Crippen molar-refractivity contribution in [2.45, 2.75) is 19.9 Å². The Morgan fingerprint density at radius 3 is 2.57 bits per heavy atom. The van der Waals surface area contributed by atoms with Crippen molar-refractivity contribution >= 4 is 16.9 Å². The van der Waals surface area contributed by atoms with Crippen LogP contribution < -0.4 is 5.32 Å². The minimum Gasteiger partial charge on any atom is -0.361 e. The van der Waals surface area contributed by atoms with E-state index in [-0.39, 0.29) is 6.03 Å². The van der Waals surface area contributed by atoms with Crippen LogP contribution in [0.4, 0.5) is 4.79 Å². The number of carbonyl (C=O) groups is 1. The summed E-state index contributed by atoms with van der Waals surface area (Å²) in [6.07, 6.45) is 3.16. The van der Waals surface area contributed by atoms with Crippen LogP contribution in [0, 0.1) is 6.92 Å². The highest BCUT2D eigenvalue weighted by Crippen LogP contribution is 2.18. The summed E-state index contributed by atoms with van der Waals surface area (Å²) in [5.74, 6) is 0. The van der Waals surface area contributed by atoms with Crippen LogP contribution in [-0.4, -0.2) is 53.5 Å². The van der Waals surface area contributed by atoms with E-state index in [1.165, 1.54) is 22.0 Å². The molecule has 3 aromatic rings. The van der Waals surface area contributed by atoms with Gasteiger partial charge in [-0.25, -0.2) is 4.79 Å². The highest BCUT2D eigenvalue weighted by atomic mass is 16.2. The van der Waals surface area contributed by atoms with Crippen LogP contribution >= 0.6 is 0 Å². The number of benzene rings is 2. The summed E-state index contributed by atoms with van der Waals surface area (Å²) >= 11 is 0. The normalized spacial score (nSPS) is 15.1. The molecule has 0 saturated carbocycles. The van der Waals surface area contributed by atoms with Gasteiger partial charge in [-0.3, -0.25) is 4.90 Å². The molecule has 2 heterocycles. The lowest BCUT2D eigenvalue weighted by Gasteiger charge is -2.34. The van der Waals surface area contributed by atoms with Crippen molar-refractivity contribution in [1.29, 1.82) is 0 Å². The van der Waals surface area contributed by atoms with E-state index >= 15 is 0 Å². The maximum atomic E-state index is 12.4. The number of carbonyl (C=O) groups excluding carboxylic acids is 1. The summed E-state index contributed by atoms with van der Waals surface area (Å²) in [6.45, 7) is 7.11. The summed E-state index contributed by atoms with van der Waals surface area (Å²) in [7, 11) is 0. The lowest BCUT2D eigenvalue weighted by Crippen LogP contribution is -2.51. The standard InChI is InChI=1S/C23H28N4O/c1-18-6-8-19(9-7-18)16-25-23(28)27-14-12-26(13-15-27)11-10-20-17-24-22-5-3-2-4-21(20)22/h2-9,17,24H,10-16H2,1H3,(H,25,28). The monoisotopic (exact) mass is 376 g/mol. The topological polar surface area (TPSA) is 51.4 Å². The Kier molecular flexibility index (Phi) is 5.63. The summed E-state index contributed by atoms with van der Waals surface area (Å²) in [5.41, 5.74) is 4.94. The quantitative estimate of drug-likeness (QED) is 0.716. The zero-order valence-corrected chi connectivity index (χ0v) is 16.4. The van der Waals surface area contributed by atoms with E-state index in [0.717, 1.165) is 44.7 Å². The predicted molar refractivity (Wildman–Crippen MR) is 113 cm³/mol. The number of nitrogens with one attached hydrogen (secondary N) is 2. The number of para-hydroxylation sites is 1. The minimum absolute atomic E-state index is 0.0388. The van der Waals surface area contributed by atoms with Gasteiger partial charge in [0.05, 0.1) is 0 Å². The van der Waals surface area contributed by atoms with E-state index in [1.54, 1.807) is 0 Å². The molecule has 0 unspecified atom stereocenters. The zero-order chi connectivity index (χ0) is 19.3. The summed E-state index contributed by atoms with van der Waals surface area (Å²) < 4.78 is 0. The van der Waals surface area contributed by atoms with E-state index < -0.39 is 0 Å². The molecular weight excluding hydrogens is 348 g/mol. The van der Waals surface area contributed by atoms with Gasteiger partial charge in [0.15, 0.2) is 0 Å². The fourth-order valence-corrected chi connectivity index (χ4v) is 3.79. The first kappa shape index (κ1) is 18.6. The number of amides is 2. The molecule has 146 valence electrons. The third-order valence-electron chi connectivity index (χ3n) is 5.60. The maximum Gasteiger partial charge on any atom is 0.317 e. The lowest BCUT2D eigenvalue weighted by molar-refractivity contribution is 0.140. The maximum absolute atomic E-state index is 12.4. The molecule has 1 aromatic heterocycles. The molecule has 5 heteroatoms. The molecule has 1 saturated heterocycles. The Bertz CT molecular complexity index is 923. The number of rotatable bonds is 5. The van der Waals surface area contributed by atoms with E-state index in [1.807, 2.05) is 4.90 Å². The first-order valence-corrected chi connectivity index (χ1v) is 10.0. The van der Waals surface area contributed by atoms with Gasteiger partial charge in [-0.05, 0) is 30.5 Å². The van der Waals surface area contributed by atoms with Crippen molar-refractivity contribution in [3.63, 3.8) is 0 Å². The molecule has 1 aliphatic rings. The number of nitrogens with zero attached hydrogens (tertiary/aromatic N) is 2. The molecule has 1 aliphatic heterocycles. The fraction of sp³-hybridized carbons (Fsp3) is 0.348. The smallest absolute Gasteiger partial charge is 0.317 e. The Labute approximate surface area is 166 Å². The van der Waals surface area contributed by atoms with Crippen LogP contribution in [0.2, 0.25) is 0 Å². The largest absolute Gasteiger partial charge is 0.361 e. The summed E-state index contributed by atoms with van der Waals surface area (Å²) in [4.78, 5) is 20.2. The van der Waals surface area contributed by atoms with Crippen LogP contribution in [0.1, 0.15) is 16.7 Å². The van der Waals surface area contributed by atoms with Crippen LogP contribution in [0.25, 0.3) is 10.9 Å². The molecule has 1 fully saturated rings. The highest BCUT2D eigenvalue weighted by Gasteiger charge is 2.20. The number of aryl methyl sites for hydroxylation is 1. The molecule has 4 rings (SSSR count). The Morgan fingerprint density at radius 1 is 1.04 bits per heavy atom. The third kappa shape index (κ3) is 4.37. The number of urea groups is 1. The van der Waals surface area contributed by atoms with E-state index in [4.69, 9.17) is 0 Å². The molecule has 5 nitrogen and oxygen atoms in total. The van der Waals surface area contributed by atoms with Crippen molar-refractivity contribution in [2.75, 3.05) is 32.7 Å². The molecule has 28 heavy (non-hydrogen) atoms. The lowest BCUT2D eigenvalue weighted by atomic mass is 10.1.